The highest BCUT2D eigenvalue weighted by atomic mass is 35.5. The molecule has 0 aromatic carbocycles. The number of aryl methyl sites for hydroxylation is 1. The van der Waals surface area contributed by atoms with E-state index in [1.54, 1.807) is 11.3 Å². The molecule has 0 saturated heterocycles. The second-order valence-corrected chi connectivity index (χ2v) is 6.62. The minimum atomic E-state index is -0.0707. The molecule has 2 rings (SSSR count). The fourth-order valence-electron chi connectivity index (χ4n) is 1.56. The number of rotatable bonds is 5. The topological polar surface area (TPSA) is 54.9 Å². The van der Waals surface area contributed by atoms with Crippen LogP contribution in [0, 0.1) is 6.92 Å². The number of nitrogens with zero attached hydrogens (tertiary/aromatic N) is 2. The lowest BCUT2D eigenvalue weighted by atomic mass is 10.3. The van der Waals surface area contributed by atoms with Crippen LogP contribution in [0.3, 0.4) is 0 Å². The van der Waals surface area contributed by atoms with Crippen molar-refractivity contribution in [1.29, 1.82) is 0 Å². The summed E-state index contributed by atoms with van der Waals surface area (Å²) in [4.78, 5) is 21.6. The Balaban J connectivity index is 1.90. The van der Waals surface area contributed by atoms with Crippen LogP contribution in [-0.2, 0) is 17.1 Å². The van der Waals surface area contributed by atoms with Gasteiger partial charge < -0.3 is 5.32 Å². The van der Waals surface area contributed by atoms with Gasteiger partial charge in [0.05, 0.1) is 24.0 Å². The summed E-state index contributed by atoms with van der Waals surface area (Å²) in [6.07, 6.45) is 2.10. The van der Waals surface area contributed by atoms with Crippen LogP contribution in [0.5, 0.6) is 0 Å². The number of halogens is 1. The molecule has 0 aliphatic rings. The number of hydrogen-bond acceptors (Lipinski definition) is 5. The van der Waals surface area contributed by atoms with Crippen LogP contribution in [0.2, 0.25) is 0 Å². The second-order valence-electron chi connectivity index (χ2n) is 4.14. The molecule has 2 heterocycles. The summed E-state index contributed by atoms with van der Waals surface area (Å²) in [5, 5.41) is 6.52. The molecule has 2 aromatic rings. The zero-order chi connectivity index (χ0) is 13.8. The number of hydrogen-bond donors (Lipinski definition) is 1. The zero-order valence-electron chi connectivity index (χ0n) is 10.6. The minimum Gasteiger partial charge on any atom is -0.347 e. The molecule has 0 saturated carbocycles. The second kappa shape index (κ2) is 6.45. The molecule has 102 valence electrons. The van der Waals surface area contributed by atoms with Crippen LogP contribution >= 0.6 is 34.3 Å². The van der Waals surface area contributed by atoms with Gasteiger partial charge in [0.2, 0.25) is 5.91 Å². The number of aromatic nitrogens is 2. The Morgan fingerprint density at radius 1 is 1.58 bits per heavy atom. The molecular formula is C12H14ClN3OS2. The van der Waals surface area contributed by atoms with Gasteiger partial charge in [-0.25, -0.2) is 9.97 Å². The average molecular weight is 316 g/mol. The molecule has 7 heteroatoms. The molecule has 0 bridgehead atoms. The first-order valence-electron chi connectivity index (χ1n) is 5.79. The van der Waals surface area contributed by atoms with E-state index in [9.17, 15) is 4.79 Å². The number of thiazole rings is 2. The van der Waals surface area contributed by atoms with Crippen LogP contribution < -0.4 is 5.32 Å². The largest absolute Gasteiger partial charge is 0.347 e. The predicted molar refractivity (Wildman–Crippen MR) is 78.8 cm³/mol. The minimum absolute atomic E-state index is 0.0455. The van der Waals surface area contributed by atoms with Crippen molar-refractivity contribution in [1.82, 2.24) is 15.3 Å². The molecule has 0 radical (unpaired) electrons. The Labute approximate surface area is 124 Å². The van der Waals surface area contributed by atoms with Crippen molar-refractivity contribution >= 4 is 40.2 Å². The number of nitrogens with one attached hydrogen (secondary N) is 1. The quantitative estimate of drug-likeness (QED) is 0.863. The summed E-state index contributed by atoms with van der Waals surface area (Å²) in [6, 6.07) is -0.0707. The molecule has 0 aliphatic carbocycles. The van der Waals surface area contributed by atoms with E-state index in [1.165, 1.54) is 11.3 Å². The van der Waals surface area contributed by atoms with Gasteiger partial charge in [0.15, 0.2) is 0 Å². The van der Waals surface area contributed by atoms with Crippen molar-refractivity contribution in [2.24, 2.45) is 0 Å². The van der Waals surface area contributed by atoms with E-state index in [0.717, 1.165) is 20.6 Å². The summed E-state index contributed by atoms with van der Waals surface area (Å²) in [6.45, 7) is 3.93. The Kier molecular flexibility index (Phi) is 4.90. The SMILES string of the molecule is Cc1cnc(C(C)NC(=O)Cc2nc(CCl)cs2)s1. The van der Waals surface area contributed by atoms with E-state index in [1.807, 2.05) is 25.4 Å². The lowest BCUT2D eigenvalue weighted by Crippen LogP contribution is -2.28. The molecule has 1 atom stereocenters. The molecule has 1 N–H and O–H groups in total. The van der Waals surface area contributed by atoms with Crippen molar-refractivity contribution < 1.29 is 4.79 Å². The monoisotopic (exact) mass is 315 g/mol. The smallest absolute Gasteiger partial charge is 0.227 e. The van der Waals surface area contributed by atoms with Gasteiger partial charge in [-0.05, 0) is 13.8 Å². The van der Waals surface area contributed by atoms with Gasteiger partial charge >= 0.3 is 0 Å². The fraction of sp³-hybridized carbons (Fsp3) is 0.417. The van der Waals surface area contributed by atoms with Crippen LogP contribution in [-0.4, -0.2) is 15.9 Å². The van der Waals surface area contributed by atoms with E-state index in [0.29, 0.717) is 5.88 Å². The van der Waals surface area contributed by atoms with E-state index in [4.69, 9.17) is 11.6 Å². The molecule has 0 spiro atoms. The summed E-state index contributed by atoms with van der Waals surface area (Å²) >= 11 is 8.74. The van der Waals surface area contributed by atoms with Crippen LogP contribution in [0.4, 0.5) is 0 Å². The highest BCUT2D eigenvalue weighted by Gasteiger charge is 2.14. The van der Waals surface area contributed by atoms with Gasteiger partial charge in [-0.2, -0.15) is 0 Å². The highest BCUT2D eigenvalue weighted by molar-refractivity contribution is 7.11. The maximum absolute atomic E-state index is 11.9. The van der Waals surface area contributed by atoms with Gasteiger partial charge in [0.1, 0.15) is 10.0 Å². The standard InChI is InChI=1S/C12H14ClN3OS2/c1-7-5-14-12(19-7)8(2)15-10(17)3-11-16-9(4-13)6-18-11/h5-6,8H,3-4H2,1-2H3,(H,15,17). The molecule has 1 unspecified atom stereocenters. The normalized spacial score (nSPS) is 12.4. The lowest BCUT2D eigenvalue weighted by Gasteiger charge is -2.10. The summed E-state index contributed by atoms with van der Waals surface area (Å²) < 4.78 is 0. The third-order valence-corrected chi connectivity index (χ3v) is 4.70. The fourth-order valence-corrected chi connectivity index (χ4v) is 3.35. The number of amides is 1. The zero-order valence-corrected chi connectivity index (χ0v) is 13.0. The first-order valence-corrected chi connectivity index (χ1v) is 8.02. The third kappa shape index (κ3) is 3.99. The molecule has 19 heavy (non-hydrogen) atoms. The average Bonchev–Trinajstić information content (AvgIpc) is 2.97. The first-order chi connectivity index (χ1) is 9.08. The summed E-state index contributed by atoms with van der Waals surface area (Å²) in [7, 11) is 0. The lowest BCUT2D eigenvalue weighted by molar-refractivity contribution is -0.121. The Morgan fingerprint density at radius 3 is 2.95 bits per heavy atom. The van der Waals surface area contributed by atoms with Crippen LogP contribution in [0.1, 0.15) is 33.6 Å². The van der Waals surface area contributed by atoms with E-state index < -0.39 is 0 Å². The van der Waals surface area contributed by atoms with Gasteiger partial charge in [-0.15, -0.1) is 34.3 Å². The van der Waals surface area contributed by atoms with E-state index in [2.05, 4.69) is 15.3 Å². The van der Waals surface area contributed by atoms with Crippen molar-refractivity contribution in [2.45, 2.75) is 32.2 Å². The maximum atomic E-state index is 11.9. The number of carbonyl (C=O) groups is 1. The molecule has 0 aliphatic heterocycles. The van der Waals surface area contributed by atoms with E-state index in [-0.39, 0.29) is 18.4 Å². The molecule has 1 amide bonds. The molecule has 4 nitrogen and oxygen atoms in total. The van der Waals surface area contributed by atoms with Crippen LogP contribution in [0.15, 0.2) is 11.6 Å². The highest BCUT2D eigenvalue weighted by Crippen LogP contribution is 2.19. The summed E-state index contributed by atoms with van der Waals surface area (Å²) in [5.74, 6) is 0.336. The van der Waals surface area contributed by atoms with E-state index >= 15 is 0 Å². The van der Waals surface area contributed by atoms with Gasteiger partial charge in [-0.3, -0.25) is 4.79 Å². The summed E-state index contributed by atoms with van der Waals surface area (Å²) in [5.41, 5.74) is 0.818. The predicted octanol–water partition coefficient (Wildman–Crippen LogP) is 3.07. The van der Waals surface area contributed by atoms with Gasteiger partial charge in [0, 0.05) is 16.5 Å². The first kappa shape index (κ1) is 14.4. The Hall–Kier alpha value is -0.980. The Bertz CT molecular complexity index is 567. The van der Waals surface area contributed by atoms with Crippen LogP contribution in [0.25, 0.3) is 0 Å². The van der Waals surface area contributed by atoms with Crippen molar-refractivity contribution in [3.8, 4) is 0 Å². The number of carbonyl (C=O) groups excluding carboxylic acids is 1. The maximum Gasteiger partial charge on any atom is 0.227 e. The van der Waals surface area contributed by atoms with Crippen molar-refractivity contribution in [3.05, 3.63) is 32.2 Å². The van der Waals surface area contributed by atoms with Gasteiger partial charge in [-0.1, -0.05) is 0 Å². The number of alkyl halides is 1. The third-order valence-electron chi connectivity index (χ3n) is 2.44. The molecule has 0 fully saturated rings. The van der Waals surface area contributed by atoms with Crippen molar-refractivity contribution in [2.75, 3.05) is 0 Å². The Morgan fingerprint density at radius 2 is 2.37 bits per heavy atom. The molecular weight excluding hydrogens is 302 g/mol. The van der Waals surface area contributed by atoms with Gasteiger partial charge in [0.25, 0.3) is 0 Å². The molecule has 2 aromatic heterocycles. The van der Waals surface area contributed by atoms with Crippen molar-refractivity contribution in [3.63, 3.8) is 0 Å².